The second kappa shape index (κ2) is 3.48. The molecule has 0 aliphatic rings. The molecule has 0 saturated heterocycles. The minimum atomic E-state index is -0.0625. The van der Waals surface area contributed by atoms with Crippen LogP contribution in [0.15, 0.2) is 0 Å². The summed E-state index contributed by atoms with van der Waals surface area (Å²) in [5.74, 6) is 0. The third-order valence-corrected chi connectivity index (χ3v) is 1.81. The Morgan fingerprint density at radius 3 is 1.00 bits per heavy atom. The molecule has 0 spiro atoms. The van der Waals surface area contributed by atoms with Gasteiger partial charge in [-0.1, -0.05) is 26.2 Å². The molecule has 0 amide bonds. The van der Waals surface area contributed by atoms with E-state index in [4.69, 9.17) is 0 Å². The van der Waals surface area contributed by atoms with E-state index < -0.39 is 0 Å². The van der Waals surface area contributed by atoms with Gasteiger partial charge in [0, 0.05) is 32.7 Å². The van der Waals surface area contributed by atoms with Crippen LogP contribution >= 0.6 is 0 Å². The summed E-state index contributed by atoms with van der Waals surface area (Å²) in [5, 5.41) is 0. The molecule has 53 valence electrons. The van der Waals surface area contributed by atoms with Gasteiger partial charge in [0.15, 0.2) is 0 Å². The SMILES string of the molecule is [CH2-]C([CH2-])(C)C(C)(C)C.[Y]. The van der Waals surface area contributed by atoms with E-state index in [1.807, 2.05) is 6.92 Å². The zero-order chi connectivity index (χ0) is 7.00. The van der Waals surface area contributed by atoms with Gasteiger partial charge in [-0.25, -0.2) is 0 Å². The third kappa shape index (κ3) is 4.50. The van der Waals surface area contributed by atoms with E-state index in [1.165, 1.54) is 0 Å². The van der Waals surface area contributed by atoms with Crippen LogP contribution in [0.4, 0.5) is 0 Å². The molecule has 0 atom stereocenters. The van der Waals surface area contributed by atoms with Crippen molar-refractivity contribution in [1.29, 1.82) is 0 Å². The van der Waals surface area contributed by atoms with Crippen molar-refractivity contribution in [2.24, 2.45) is 10.8 Å². The van der Waals surface area contributed by atoms with Gasteiger partial charge in [-0.2, -0.15) is 0 Å². The van der Waals surface area contributed by atoms with Crippen molar-refractivity contribution < 1.29 is 32.7 Å². The quantitative estimate of drug-likeness (QED) is 0.528. The van der Waals surface area contributed by atoms with E-state index in [0.29, 0.717) is 0 Å². The number of hydrogen-bond donors (Lipinski definition) is 0. The Hall–Kier alpha value is 1.10. The fourth-order valence-electron chi connectivity index (χ4n) is 0. The molecule has 1 radical (unpaired) electrons. The summed E-state index contributed by atoms with van der Waals surface area (Å²) in [6.45, 7) is 16.3. The van der Waals surface area contributed by atoms with E-state index in [-0.39, 0.29) is 43.5 Å². The Bertz CT molecular complexity index is 59.5. The largest absolute Gasteiger partial charge is 0.366 e. The topological polar surface area (TPSA) is 0 Å². The molecule has 0 aliphatic carbocycles. The van der Waals surface area contributed by atoms with Gasteiger partial charge >= 0.3 is 0 Å². The van der Waals surface area contributed by atoms with Gasteiger partial charge in [-0.05, 0) is 0 Å². The van der Waals surface area contributed by atoms with E-state index in [0.717, 1.165) is 0 Å². The van der Waals surface area contributed by atoms with E-state index in [9.17, 15) is 0 Å². The zero-order valence-corrected chi connectivity index (χ0v) is 9.83. The summed E-state index contributed by atoms with van der Waals surface area (Å²) in [5.41, 5.74) is 0.153. The van der Waals surface area contributed by atoms with Crippen LogP contribution in [0.3, 0.4) is 0 Å². The Balaban J connectivity index is 0. The maximum absolute atomic E-state index is 3.93. The Morgan fingerprint density at radius 2 is 1.00 bits per heavy atom. The second-order valence-corrected chi connectivity index (χ2v) is 3.81. The predicted octanol–water partition coefficient (Wildman–Crippen LogP) is 2.70. The molecular formula is C8H16Y-2. The molecule has 0 bridgehead atoms. The van der Waals surface area contributed by atoms with E-state index in [2.05, 4.69) is 34.6 Å². The van der Waals surface area contributed by atoms with Crippen LogP contribution in [0.1, 0.15) is 27.7 Å². The molecular weight excluding hydrogens is 185 g/mol. The van der Waals surface area contributed by atoms with Gasteiger partial charge < -0.3 is 13.8 Å². The normalized spacial score (nSPS) is 12.7. The maximum Gasteiger partial charge on any atom is 0 e. The first kappa shape index (κ1) is 12.8. The first-order chi connectivity index (χ1) is 3.25. The molecule has 0 aromatic heterocycles. The van der Waals surface area contributed by atoms with Gasteiger partial charge in [-0.15, -0.1) is 6.92 Å². The molecule has 0 heterocycles. The molecule has 0 aliphatic heterocycles. The smallest absolute Gasteiger partial charge is 0 e. The van der Waals surface area contributed by atoms with Crippen molar-refractivity contribution in [3.05, 3.63) is 13.8 Å². The van der Waals surface area contributed by atoms with Crippen molar-refractivity contribution >= 4 is 0 Å². The summed E-state index contributed by atoms with van der Waals surface area (Å²) >= 11 is 0. The van der Waals surface area contributed by atoms with Crippen LogP contribution in [0, 0.1) is 24.7 Å². The van der Waals surface area contributed by atoms with Crippen molar-refractivity contribution in [2.45, 2.75) is 27.7 Å². The average Bonchev–Trinajstić information content (AvgIpc) is 1.25. The van der Waals surface area contributed by atoms with Crippen LogP contribution in [-0.4, -0.2) is 0 Å². The average molecular weight is 201 g/mol. The molecule has 0 aromatic carbocycles. The third-order valence-electron chi connectivity index (χ3n) is 1.81. The van der Waals surface area contributed by atoms with Crippen LogP contribution < -0.4 is 0 Å². The van der Waals surface area contributed by atoms with Gasteiger partial charge in [0.25, 0.3) is 0 Å². The summed E-state index contributed by atoms with van der Waals surface area (Å²) < 4.78 is 0. The second-order valence-electron chi connectivity index (χ2n) is 3.81. The van der Waals surface area contributed by atoms with Gasteiger partial charge in [0.1, 0.15) is 0 Å². The van der Waals surface area contributed by atoms with Crippen molar-refractivity contribution in [2.75, 3.05) is 0 Å². The van der Waals surface area contributed by atoms with Crippen molar-refractivity contribution in [1.82, 2.24) is 0 Å². The summed E-state index contributed by atoms with van der Waals surface area (Å²) in [6, 6.07) is 0. The fourth-order valence-corrected chi connectivity index (χ4v) is 0. The standard InChI is InChI=1S/C8H16.Y/c1-7(2,3)8(4,5)6;/h1-2H2,3-6H3;/q-2;. The first-order valence-electron chi connectivity index (χ1n) is 2.96. The van der Waals surface area contributed by atoms with Gasteiger partial charge in [0.2, 0.25) is 0 Å². The molecule has 0 unspecified atom stereocenters. The van der Waals surface area contributed by atoms with Crippen LogP contribution in [-0.2, 0) is 32.7 Å². The van der Waals surface area contributed by atoms with Crippen LogP contribution in [0.25, 0.3) is 0 Å². The summed E-state index contributed by atoms with van der Waals surface area (Å²) in [4.78, 5) is 0. The van der Waals surface area contributed by atoms with Crippen molar-refractivity contribution in [3.8, 4) is 0 Å². The van der Waals surface area contributed by atoms with E-state index >= 15 is 0 Å². The van der Waals surface area contributed by atoms with Crippen LogP contribution in [0.2, 0.25) is 0 Å². The van der Waals surface area contributed by atoms with E-state index in [1.54, 1.807) is 0 Å². The van der Waals surface area contributed by atoms with Gasteiger partial charge in [-0.3, -0.25) is 5.41 Å². The van der Waals surface area contributed by atoms with Crippen molar-refractivity contribution in [3.63, 3.8) is 0 Å². The summed E-state index contributed by atoms with van der Waals surface area (Å²) in [7, 11) is 0. The molecule has 1 heteroatoms. The molecule has 0 N–H and O–H groups in total. The molecule has 0 aromatic rings. The zero-order valence-electron chi connectivity index (χ0n) is 6.99. The molecule has 0 rings (SSSR count). The molecule has 9 heavy (non-hydrogen) atoms. The molecule has 0 nitrogen and oxygen atoms in total. The first-order valence-corrected chi connectivity index (χ1v) is 2.96. The summed E-state index contributed by atoms with van der Waals surface area (Å²) in [6.07, 6.45) is 0. The number of rotatable bonds is 0. The Labute approximate surface area is 84.7 Å². The monoisotopic (exact) mass is 201 g/mol. The molecule has 0 saturated carbocycles. The maximum atomic E-state index is 3.93. The Morgan fingerprint density at radius 1 is 0.889 bits per heavy atom. The molecule has 0 fully saturated rings. The number of hydrogen-bond acceptors (Lipinski definition) is 0. The van der Waals surface area contributed by atoms with Gasteiger partial charge in [0.05, 0.1) is 0 Å². The van der Waals surface area contributed by atoms with Crippen LogP contribution in [0.5, 0.6) is 0 Å². The Kier molecular flexibility index (Phi) is 4.93. The minimum absolute atomic E-state index is 0. The predicted molar refractivity (Wildman–Crippen MR) is 38.3 cm³/mol. The fraction of sp³-hybridized carbons (Fsp3) is 0.750. The minimum Gasteiger partial charge on any atom is -0.366 e.